The number of hydrogen-bond acceptors (Lipinski definition) is 3. The van der Waals surface area contributed by atoms with Gasteiger partial charge in [0.25, 0.3) is 0 Å². The maximum atomic E-state index is 8.99. The molecule has 106 valence electrons. The van der Waals surface area contributed by atoms with Gasteiger partial charge in [-0.3, -0.25) is 0 Å². The smallest absolute Gasteiger partial charge is 0.127 e. The zero-order valence-electron chi connectivity index (χ0n) is 12.0. The van der Waals surface area contributed by atoms with Crippen LogP contribution in [0.2, 0.25) is 0 Å². The third-order valence-corrected chi connectivity index (χ3v) is 2.98. The number of nitrogens with one attached hydrogen (secondary N) is 1. The molecule has 0 radical (unpaired) electrons. The first kappa shape index (κ1) is 14.6. The van der Waals surface area contributed by atoms with Gasteiger partial charge in [-0.1, -0.05) is 38.1 Å². The Morgan fingerprint density at radius 2 is 1.40 bits per heavy atom. The Morgan fingerprint density at radius 1 is 0.900 bits per heavy atom. The molecule has 0 amide bonds. The zero-order valence-corrected chi connectivity index (χ0v) is 12.0. The van der Waals surface area contributed by atoms with E-state index < -0.39 is 0 Å². The SMILES string of the molecule is CC(C)NCc1ccc(Oc2ccc(CO)cc2)cc1. The fourth-order valence-corrected chi connectivity index (χ4v) is 1.80. The minimum absolute atomic E-state index is 0.0534. The summed E-state index contributed by atoms with van der Waals surface area (Å²) >= 11 is 0. The molecule has 0 unspecified atom stereocenters. The molecule has 0 bridgehead atoms. The summed E-state index contributed by atoms with van der Waals surface area (Å²) in [6, 6.07) is 16.0. The van der Waals surface area contributed by atoms with Gasteiger partial charge in [0.15, 0.2) is 0 Å². The van der Waals surface area contributed by atoms with E-state index in [4.69, 9.17) is 9.84 Å². The van der Waals surface area contributed by atoms with Gasteiger partial charge in [-0.05, 0) is 35.4 Å². The molecule has 0 heterocycles. The first-order valence-electron chi connectivity index (χ1n) is 6.87. The van der Waals surface area contributed by atoms with Crippen molar-refractivity contribution in [2.45, 2.75) is 33.0 Å². The minimum atomic E-state index is 0.0534. The Morgan fingerprint density at radius 3 is 1.85 bits per heavy atom. The molecule has 0 aliphatic carbocycles. The predicted octanol–water partition coefficient (Wildman–Crippen LogP) is 3.47. The maximum Gasteiger partial charge on any atom is 0.127 e. The van der Waals surface area contributed by atoms with Crippen molar-refractivity contribution in [1.82, 2.24) is 5.32 Å². The number of ether oxygens (including phenoxy) is 1. The van der Waals surface area contributed by atoms with Gasteiger partial charge in [-0.25, -0.2) is 0 Å². The fourth-order valence-electron chi connectivity index (χ4n) is 1.80. The van der Waals surface area contributed by atoms with Gasteiger partial charge in [-0.15, -0.1) is 0 Å². The lowest BCUT2D eigenvalue weighted by atomic mass is 10.2. The number of aliphatic hydroxyl groups is 1. The van der Waals surface area contributed by atoms with Crippen LogP contribution in [0.1, 0.15) is 25.0 Å². The minimum Gasteiger partial charge on any atom is -0.457 e. The van der Waals surface area contributed by atoms with Gasteiger partial charge in [-0.2, -0.15) is 0 Å². The van der Waals surface area contributed by atoms with E-state index in [0.29, 0.717) is 6.04 Å². The Kier molecular flexibility index (Phi) is 5.16. The van der Waals surface area contributed by atoms with E-state index in [-0.39, 0.29) is 6.61 Å². The van der Waals surface area contributed by atoms with Crippen LogP contribution >= 0.6 is 0 Å². The molecule has 20 heavy (non-hydrogen) atoms. The van der Waals surface area contributed by atoms with Crippen molar-refractivity contribution in [3.63, 3.8) is 0 Å². The molecule has 0 atom stereocenters. The highest BCUT2D eigenvalue weighted by molar-refractivity contribution is 5.34. The van der Waals surface area contributed by atoms with Crippen LogP contribution < -0.4 is 10.1 Å². The van der Waals surface area contributed by atoms with Crippen LogP contribution in [0.3, 0.4) is 0 Å². The largest absolute Gasteiger partial charge is 0.457 e. The molecule has 0 spiro atoms. The van der Waals surface area contributed by atoms with Gasteiger partial charge in [0, 0.05) is 12.6 Å². The second-order valence-corrected chi connectivity index (χ2v) is 5.08. The quantitative estimate of drug-likeness (QED) is 0.845. The molecule has 0 saturated carbocycles. The normalized spacial score (nSPS) is 10.8. The van der Waals surface area contributed by atoms with E-state index in [1.165, 1.54) is 5.56 Å². The molecule has 2 aromatic carbocycles. The van der Waals surface area contributed by atoms with Crippen LogP contribution in [-0.2, 0) is 13.2 Å². The second kappa shape index (κ2) is 7.08. The van der Waals surface area contributed by atoms with Gasteiger partial charge >= 0.3 is 0 Å². The molecule has 0 aliphatic heterocycles. The lowest BCUT2D eigenvalue weighted by Crippen LogP contribution is -2.21. The van der Waals surface area contributed by atoms with E-state index in [1.54, 1.807) is 0 Å². The number of aliphatic hydroxyl groups excluding tert-OH is 1. The van der Waals surface area contributed by atoms with Crippen LogP contribution in [0.15, 0.2) is 48.5 Å². The third kappa shape index (κ3) is 4.37. The van der Waals surface area contributed by atoms with E-state index in [1.807, 2.05) is 36.4 Å². The summed E-state index contributed by atoms with van der Waals surface area (Å²) in [4.78, 5) is 0. The summed E-state index contributed by atoms with van der Waals surface area (Å²) in [7, 11) is 0. The van der Waals surface area contributed by atoms with Crippen molar-refractivity contribution < 1.29 is 9.84 Å². The highest BCUT2D eigenvalue weighted by Gasteiger charge is 1.99. The summed E-state index contributed by atoms with van der Waals surface area (Å²) in [6.07, 6.45) is 0. The lowest BCUT2D eigenvalue weighted by Gasteiger charge is -2.09. The Balaban J connectivity index is 1.95. The summed E-state index contributed by atoms with van der Waals surface area (Å²) in [5, 5.41) is 12.4. The molecule has 0 aliphatic rings. The van der Waals surface area contributed by atoms with Crippen LogP contribution in [0.5, 0.6) is 11.5 Å². The molecule has 0 saturated heterocycles. The van der Waals surface area contributed by atoms with Crippen molar-refractivity contribution >= 4 is 0 Å². The molecular formula is C17H21NO2. The predicted molar refractivity (Wildman–Crippen MR) is 80.9 cm³/mol. The molecule has 2 rings (SSSR count). The number of benzene rings is 2. The molecule has 2 N–H and O–H groups in total. The van der Waals surface area contributed by atoms with Crippen molar-refractivity contribution in [3.8, 4) is 11.5 Å². The monoisotopic (exact) mass is 271 g/mol. The molecule has 0 fully saturated rings. The third-order valence-electron chi connectivity index (χ3n) is 2.98. The summed E-state index contributed by atoms with van der Waals surface area (Å²) < 4.78 is 5.76. The molecule has 0 aromatic heterocycles. The van der Waals surface area contributed by atoms with Crippen molar-refractivity contribution in [1.29, 1.82) is 0 Å². The zero-order chi connectivity index (χ0) is 14.4. The lowest BCUT2D eigenvalue weighted by molar-refractivity contribution is 0.281. The highest BCUT2D eigenvalue weighted by atomic mass is 16.5. The Hall–Kier alpha value is -1.84. The summed E-state index contributed by atoms with van der Waals surface area (Å²) in [5.74, 6) is 1.59. The number of rotatable bonds is 6. The van der Waals surface area contributed by atoms with E-state index in [0.717, 1.165) is 23.6 Å². The van der Waals surface area contributed by atoms with Crippen molar-refractivity contribution in [2.75, 3.05) is 0 Å². The Bertz CT molecular complexity index is 518. The molecule has 3 heteroatoms. The summed E-state index contributed by atoms with van der Waals surface area (Å²) in [6.45, 7) is 5.18. The van der Waals surface area contributed by atoms with Gasteiger partial charge < -0.3 is 15.2 Å². The average Bonchev–Trinajstić information content (AvgIpc) is 2.47. The molecular weight excluding hydrogens is 250 g/mol. The summed E-state index contributed by atoms with van der Waals surface area (Å²) in [5.41, 5.74) is 2.12. The van der Waals surface area contributed by atoms with Crippen molar-refractivity contribution in [3.05, 3.63) is 59.7 Å². The van der Waals surface area contributed by atoms with Crippen LogP contribution in [0.25, 0.3) is 0 Å². The fraction of sp³-hybridized carbons (Fsp3) is 0.294. The highest BCUT2D eigenvalue weighted by Crippen LogP contribution is 2.22. The van der Waals surface area contributed by atoms with Gasteiger partial charge in [0.2, 0.25) is 0 Å². The topological polar surface area (TPSA) is 41.5 Å². The average molecular weight is 271 g/mol. The van der Waals surface area contributed by atoms with Crippen molar-refractivity contribution in [2.24, 2.45) is 0 Å². The van der Waals surface area contributed by atoms with Gasteiger partial charge in [0.1, 0.15) is 11.5 Å². The van der Waals surface area contributed by atoms with E-state index >= 15 is 0 Å². The first-order chi connectivity index (χ1) is 9.67. The van der Waals surface area contributed by atoms with Crippen LogP contribution in [-0.4, -0.2) is 11.1 Å². The first-order valence-corrected chi connectivity index (χ1v) is 6.87. The second-order valence-electron chi connectivity index (χ2n) is 5.08. The van der Waals surface area contributed by atoms with Crippen LogP contribution in [0.4, 0.5) is 0 Å². The van der Waals surface area contributed by atoms with Gasteiger partial charge in [0.05, 0.1) is 6.61 Å². The van der Waals surface area contributed by atoms with Crippen LogP contribution in [0, 0.1) is 0 Å². The maximum absolute atomic E-state index is 8.99. The standard InChI is InChI=1S/C17H21NO2/c1-13(2)18-11-14-3-7-16(8-4-14)20-17-9-5-15(12-19)6-10-17/h3-10,13,18-19H,11-12H2,1-2H3. The van der Waals surface area contributed by atoms with E-state index in [2.05, 4.69) is 31.3 Å². The Labute approximate surface area is 120 Å². The number of hydrogen-bond donors (Lipinski definition) is 2. The molecule has 3 nitrogen and oxygen atoms in total. The molecule has 2 aromatic rings. The van der Waals surface area contributed by atoms with E-state index in [9.17, 15) is 0 Å².